The third-order valence-electron chi connectivity index (χ3n) is 2.60. The first-order valence-corrected chi connectivity index (χ1v) is 5.62. The van der Waals surface area contributed by atoms with E-state index in [9.17, 15) is 18.4 Å². The van der Waals surface area contributed by atoms with Crippen LogP contribution in [0.5, 0.6) is 0 Å². The highest BCUT2D eigenvalue weighted by atomic mass is 19.3. The molecule has 0 aliphatic carbocycles. The summed E-state index contributed by atoms with van der Waals surface area (Å²) in [6.07, 6.45) is -3.75. The van der Waals surface area contributed by atoms with Crippen LogP contribution in [0.1, 0.15) is 27.2 Å². The highest BCUT2D eigenvalue weighted by Gasteiger charge is 2.44. The van der Waals surface area contributed by atoms with Crippen molar-refractivity contribution in [1.29, 1.82) is 0 Å². The first-order chi connectivity index (χ1) is 8.11. The van der Waals surface area contributed by atoms with Gasteiger partial charge in [-0.15, -0.1) is 0 Å². The summed E-state index contributed by atoms with van der Waals surface area (Å²) < 4.78 is 30.2. The molecule has 7 heteroatoms. The number of hydrogen-bond donors (Lipinski definition) is 1. The lowest BCUT2D eigenvalue weighted by Gasteiger charge is -2.26. The molecule has 0 aromatic rings. The highest BCUT2D eigenvalue weighted by Crippen LogP contribution is 2.29. The summed E-state index contributed by atoms with van der Waals surface area (Å²) in [6.45, 7) is 4.59. The Bertz CT molecular complexity index is 340. The predicted molar refractivity (Wildman–Crippen MR) is 58.5 cm³/mol. The minimum Gasteiger partial charge on any atom is -0.480 e. The van der Waals surface area contributed by atoms with Crippen LogP contribution < -0.4 is 0 Å². The molecule has 1 aliphatic heterocycles. The molecule has 1 heterocycles. The fourth-order valence-electron chi connectivity index (χ4n) is 1.81. The number of carbonyl (C=O) groups is 2. The molecule has 2 atom stereocenters. The van der Waals surface area contributed by atoms with Crippen molar-refractivity contribution in [3.8, 4) is 0 Å². The molecule has 18 heavy (non-hydrogen) atoms. The number of carbonyl (C=O) groups excluding carboxylic acids is 1. The Kier molecular flexibility index (Phi) is 4.13. The molecule has 0 spiro atoms. The fraction of sp³-hybridized carbons (Fsp3) is 0.818. The van der Waals surface area contributed by atoms with Crippen molar-refractivity contribution in [2.75, 3.05) is 6.54 Å². The van der Waals surface area contributed by atoms with E-state index in [1.165, 1.54) is 0 Å². The average molecular weight is 265 g/mol. The number of nitrogens with zero attached hydrogens (tertiary/aromatic N) is 1. The number of alkyl halides is 2. The molecule has 1 aliphatic rings. The Morgan fingerprint density at radius 1 is 1.39 bits per heavy atom. The molecule has 1 amide bonds. The third-order valence-corrected chi connectivity index (χ3v) is 2.60. The van der Waals surface area contributed by atoms with Crippen LogP contribution in [0.2, 0.25) is 0 Å². The fourth-order valence-corrected chi connectivity index (χ4v) is 1.81. The van der Waals surface area contributed by atoms with E-state index in [0.29, 0.717) is 0 Å². The number of halogens is 2. The van der Waals surface area contributed by atoms with Gasteiger partial charge in [0, 0.05) is 12.5 Å². The second-order valence-corrected chi connectivity index (χ2v) is 5.32. The van der Waals surface area contributed by atoms with Gasteiger partial charge < -0.3 is 9.84 Å². The molecule has 0 radical (unpaired) electrons. The topological polar surface area (TPSA) is 66.8 Å². The van der Waals surface area contributed by atoms with E-state index in [2.05, 4.69) is 0 Å². The summed E-state index contributed by atoms with van der Waals surface area (Å²) in [7, 11) is 0. The smallest absolute Gasteiger partial charge is 0.411 e. The van der Waals surface area contributed by atoms with Gasteiger partial charge >= 0.3 is 12.1 Å². The Morgan fingerprint density at radius 3 is 2.33 bits per heavy atom. The second-order valence-electron chi connectivity index (χ2n) is 5.32. The second kappa shape index (κ2) is 5.07. The van der Waals surface area contributed by atoms with E-state index in [1.807, 2.05) is 0 Å². The van der Waals surface area contributed by atoms with Crippen molar-refractivity contribution in [2.45, 2.75) is 45.3 Å². The van der Waals surface area contributed by atoms with Gasteiger partial charge in [0.05, 0.1) is 0 Å². The van der Waals surface area contributed by atoms with Gasteiger partial charge in [0.1, 0.15) is 11.6 Å². The van der Waals surface area contributed by atoms with Crippen molar-refractivity contribution < 1.29 is 28.2 Å². The highest BCUT2D eigenvalue weighted by molar-refractivity contribution is 5.81. The number of aliphatic carboxylic acids is 1. The molecule has 0 unspecified atom stereocenters. The van der Waals surface area contributed by atoms with Gasteiger partial charge in [-0.3, -0.25) is 4.90 Å². The van der Waals surface area contributed by atoms with Crippen molar-refractivity contribution >= 4 is 12.1 Å². The maximum atomic E-state index is 12.6. The zero-order valence-electron chi connectivity index (χ0n) is 10.5. The molecule has 1 N–H and O–H groups in total. The van der Waals surface area contributed by atoms with E-state index in [0.717, 1.165) is 4.90 Å². The van der Waals surface area contributed by atoms with Gasteiger partial charge in [0.2, 0.25) is 6.43 Å². The Hall–Kier alpha value is -1.40. The quantitative estimate of drug-likeness (QED) is 0.828. The van der Waals surface area contributed by atoms with Crippen LogP contribution >= 0.6 is 0 Å². The van der Waals surface area contributed by atoms with Crippen LogP contribution in [0.25, 0.3) is 0 Å². The van der Waals surface area contributed by atoms with Gasteiger partial charge in [0.25, 0.3) is 0 Å². The Labute approximate surface area is 104 Å². The standard InChI is InChI=1S/C11H17F2NO4/c1-11(2,3)18-10(17)14-5-6(8(12)13)4-7(14)9(15)16/h6-8H,4-5H2,1-3H3,(H,15,16)/t6-,7-/m0/s1. The molecule has 1 saturated heterocycles. The lowest BCUT2D eigenvalue weighted by Crippen LogP contribution is -2.43. The predicted octanol–water partition coefficient (Wildman–Crippen LogP) is 1.96. The number of likely N-dealkylation sites (tertiary alicyclic amines) is 1. The van der Waals surface area contributed by atoms with Crippen molar-refractivity contribution in [1.82, 2.24) is 4.90 Å². The number of carboxylic acid groups (broad SMARTS) is 1. The van der Waals surface area contributed by atoms with Crippen LogP contribution in [0, 0.1) is 5.92 Å². The summed E-state index contributed by atoms with van der Waals surface area (Å²) in [6, 6.07) is -1.24. The first-order valence-electron chi connectivity index (χ1n) is 5.62. The number of rotatable bonds is 2. The van der Waals surface area contributed by atoms with E-state index in [-0.39, 0.29) is 13.0 Å². The summed E-state index contributed by atoms with van der Waals surface area (Å²) >= 11 is 0. The molecule has 0 aromatic carbocycles. The molecule has 1 fully saturated rings. The van der Waals surface area contributed by atoms with E-state index in [1.54, 1.807) is 20.8 Å². The van der Waals surface area contributed by atoms with Crippen molar-refractivity contribution in [3.63, 3.8) is 0 Å². The van der Waals surface area contributed by atoms with Gasteiger partial charge in [0.15, 0.2) is 0 Å². The van der Waals surface area contributed by atoms with E-state index in [4.69, 9.17) is 9.84 Å². The Balaban J connectivity index is 2.78. The van der Waals surface area contributed by atoms with Crippen LogP contribution in [-0.4, -0.2) is 46.7 Å². The first kappa shape index (κ1) is 14.7. The molecular formula is C11H17F2NO4. The van der Waals surface area contributed by atoms with E-state index >= 15 is 0 Å². The van der Waals surface area contributed by atoms with Gasteiger partial charge in [-0.25, -0.2) is 18.4 Å². The minimum absolute atomic E-state index is 0.244. The number of amides is 1. The van der Waals surface area contributed by atoms with Crippen LogP contribution in [-0.2, 0) is 9.53 Å². The maximum Gasteiger partial charge on any atom is 0.411 e. The minimum atomic E-state index is -2.64. The largest absolute Gasteiger partial charge is 0.480 e. The summed E-state index contributed by atoms with van der Waals surface area (Å²) in [5, 5.41) is 8.94. The summed E-state index contributed by atoms with van der Waals surface area (Å²) in [5.74, 6) is -2.40. The summed E-state index contributed by atoms with van der Waals surface area (Å²) in [4.78, 5) is 23.6. The average Bonchev–Trinajstić information content (AvgIpc) is 2.58. The van der Waals surface area contributed by atoms with Crippen LogP contribution in [0.4, 0.5) is 13.6 Å². The molecule has 1 rings (SSSR count). The van der Waals surface area contributed by atoms with Crippen molar-refractivity contribution in [2.24, 2.45) is 5.92 Å². The van der Waals surface area contributed by atoms with Gasteiger partial charge in [-0.2, -0.15) is 0 Å². The van der Waals surface area contributed by atoms with Gasteiger partial charge in [-0.1, -0.05) is 0 Å². The number of carboxylic acids is 1. The van der Waals surface area contributed by atoms with E-state index < -0.39 is 36.0 Å². The normalized spacial score (nSPS) is 24.4. The number of hydrogen-bond acceptors (Lipinski definition) is 3. The zero-order chi connectivity index (χ0) is 14.1. The molecular weight excluding hydrogens is 248 g/mol. The lowest BCUT2D eigenvalue weighted by atomic mass is 10.1. The monoisotopic (exact) mass is 265 g/mol. The molecule has 0 bridgehead atoms. The van der Waals surface area contributed by atoms with Crippen LogP contribution in [0.3, 0.4) is 0 Å². The molecule has 0 saturated carbocycles. The third kappa shape index (κ3) is 3.54. The summed E-state index contributed by atoms with van der Waals surface area (Å²) in [5.41, 5.74) is -0.789. The van der Waals surface area contributed by atoms with Crippen LogP contribution in [0.15, 0.2) is 0 Å². The van der Waals surface area contributed by atoms with Crippen molar-refractivity contribution in [3.05, 3.63) is 0 Å². The van der Waals surface area contributed by atoms with Gasteiger partial charge in [-0.05, 0) is 27.2 Å². The number of ether oxygens (including phenoxy) is 1. The molecule has 0 aromatic heterocycles. The molecule has 5 nitrogen and oxygen atoms in total. The zero-order valence-corrected chi connectivity index (χ0v) is 10.5. The lowest BCUT2D eigenvalue weighted by molar-refractivity contribution is -0.142. The maximum absolute atomic E-state index is 12.6. The SMILES string of the molecule is CC(C)(C)OC(=O)N1C[C@@H](C(F)F)C[C@H]1C(=O)O. The Morgan fingerprint density at radius 2 is 1.94 bits per heavy atom. The molecule has 104 valence electrons.